The molecule has 1 amide bonds. The SMILES string of the molecule is COc1ccc(C(C)NC(=O)/C(C#N)=C\Nc2ccc(Cl)c([N+](=O)[O-])c2)cc1. The van der Waals surface area contributed by atoms with Crippen molar-refractivity contribution in [3.05, 3.63) is 74.9 Å². The molecule has 0 aliphatic rings. The maximum absolute atomic E-state index is 12.3. The fraction of sp³-hybridized carbons (Fsp3) is 0.158. The third-order valence-corrected chi connectivity index (χ3v) is 4.17. The Kier molecular flexibility index (Phi) is 6.96. The lowest BCUT2D eigenvalue weighted by Crippen LogP contribution is -2.28. The number of carbonyl (C=O) groups excluding carboxylic acids is 1. The summed E-state index contributed by atoms with van der Waals surface area (Å²) < 4.78 is 5.09. The molecule has 1 atom stereocenters. The third kappa shape index (κ3) is 5.22. The molecule has 28 heavy (non-hydrogen) atoms. The molecule has 2 rings (SSSR count). The predicted octanol–water partition coefficient (Wildman–Crippen LogP) is 3.95. The van der Waals surface area contributed by atoms with E-state index in [1.54, 1.807) is 32.2 Å². The van der Waals surface area contributed by atoms with E-state index in [9.17, 15) is 20.2 Å². The number of nitro groups is 1. The molecule has 0 radical (unpaired) electrons. The number of anilines is 1. The Morgan fingerprint density at radius 1 is 1.32 bits per heavy atom. The predicted molar refractivity (Wildman–Crippen MR) is 105 cm³/mol. The lowest BCUT2D eigenvalue weighted by Gasteiger charge is -2.14. The fourth-order valence-electron chi connectivity index (χ4n) is 2.30. The van der Waals surface area contributed by atoms with Crippen LogP contribution < -0.4 is 15.4 Å². The summed E-state index contributed by atoms with van der Waals surface area (Å²) in [6.45, 7) is 1.78. The standard InChI is InChI=1S/C19H17ClN4O4/c1-12(13-3-6-16(28-2)7-4-13)23-19(25)14(10-21)11-22-15-5-8-17(20)18(9-15)24(26)27/h3-9,11-12,22H,1-2H3,(H,23,25)/b14-11-. The number of benzene rings is 2. The van der Waals surface area contributed by atoms with Crippen molar-refractivity contribution in [2.24, 2.45) is 0 Å². The minimum absolute atomic E-state index is 0.00824. The van der Waals surface area contributed by atoms with Gasteiger partial charge >= 0.3 is 0 Å². The Balaban J connectivity index is 2.09. The van der Waals surface area contributed by atoms with Gasteiger partial charge in [0.2, 0.25) is 0 Å². The molecule has 1 unspecified atom stereocenters. The lowest BCUT2D eigenvalue weighted by molar-refractivity contribution is -0.384. The molecule has 2 aromatic rings. The van der Waals surface area contributed by atoms with Gasteiger partial charge in [0.1, 0.15) is 22.4 Å². The monoisotopic (exact) mass is 400 g/mol. The maximum atomic E-state index is 12.3. The molecule has 8 nitrogen and oxygen atoms in total. The van der Waals surface area contributed by atoms with Gasteiger partial charge in [0.25, 0.3) is 11.6 Å². The zero-order valence-electron chi connectivity index (χ0n) is 15.1. The van der Waals surface area contributed by atoms with Gasteiger partial charge in [-0.3, -0.25) is 14.9 Å². The highest BCUT2D eigenvalue weighted by molar-refractivity contribution is 6.32. The van der Waals surface area contributed by atoms with Gasteiger partial charge in [-0.2, -0.15) is 5.26 Å². The van der Waals surface area contributed by atoms with Crippen molar-refractivity contribution >= 4 is 28.9 Å². The molecule has 0 spiro atoms. The number of nitrogens with one attached hydrogen (secondary N) is 2. The maximum Gasteiger partial charge on any atom is 0.289 e. The van der Waals surface area contributed by atoms with Crippen LogP contribution in [0.5, 0.6) is 5.75 Å². The molecule has 2 aromatic carbocycles. The average Bonchev–Trinajstić information content (AvgIpc) is 2.69. The minimum Gasteiger partial charge on any atom is -0.497 e. The second kappa shape index (κ2) is 9.39. The molecular weight excluding hydrogens is 384 g/mol. The number of hydrogen-bond donors (Lipinski definition) is 2. The molecule has 0 aromatic heterocycles. The molecule has 0 bridgehead atoms. The Hall–Kier alpha value is -3.57. The van der Waals surface area contributed by atoms with E-state index >= 15 is 0 Å². The van der Waals surface area contributed by atoms with Crippen molar-refractivity contribution in [1.82, 2.24) is 5.32 Å². The van der Waals surface area contributed by atoms with E-state index in [4.69, 9.17) is 16.3 Å². The van der Waals surface area contributed by atoms with Crippen LogP contribution in [0.25, 0.3) is 0 Å². The number of nitriles is 1. The van der Waals surface area contributed by atoms with E-state index in [0.29, 0.717) is 11.4 Å². The van der Waals surface area contributed by atoms with E-state index in [1.165, 1.54) is 24.4 Å². The molecule has 0 heterocycles. The van der Waals surface area contributed by atoms with Crippen LogP contribution in [0, 0.1) is 21.4 Å². The lowest BCUT2D eigenvalue weighted by atomic mass is 10.1. The Labute approximate surface area is 166 Å². The highest BCUT2D eigenvalue weighted by Gasteiger charge is 2.15. The summed E-state index contributed by atoms with van der Waals surface area (Å²) in [7, 11) is 1.56. The number of carbonyl (C=O) groups is 1. The van der Waals surface area contributed by atoms with Crippen LogP contribution in [-0.2, 0) is 4.79 Å². The van der Waals surface area contributed by atoms with Gasteiger partial charge in [-0.25, -0.2) is 0 Å². The molecule has 0 saturated heterocycles. The smallest absolute Gasteiger partial charge is 0.289 e. The number of rotatable bonds is 7. The van der Waals surface area contributed by atoms with Crippen LogP contribution in [-0.4, -0.2) is 17.9 Å². The van der Waals surface area contributed by atoms with Gasteiger partial charge in [0.05, 0.1) is 18.1 Å². The van der Waals surface area contributed by atoms with Crippen molar-refractivity contribution in [2.45, 2.75) is 13.0 Å². The first-order valence-electron chi connectivity index (χ1n) is 8.11. The second-order valence-electron chi connectivity index (χ2n) is 5.71. The van der Waals surface area contributed by atoms with Crippen LogP contribution in [0.4, 0.5) is 11.4 Å². The van der Waals surface area contributed by atoms with Crippen molar-refractivity contribution in [1.29, 1.82) is 5.26 Å². The number of nitro benzene ring substituents is 1. The van der Waals surface area contributed by atoms with Crippen molar-refractivity contribution in [3.8, 4) is 11.8 Å². The van der Waals surface area contributed by atoms with Gasteiger partial charge < -0.3 is 15.4 Å². The Morgan fingerprint density at radius 3 is 2.57 bits per heavy atom. The summed E-state index contributed by atoms with van der Waals surface area (Å²) in [5, 5.41) is 25.6. The summed E-state index contributed by atoms with van der Waals surface area (Å²) in [6, 6.07) is 12.7. The highest BCUT2D eigenvalue weighted by atomic mass is 35.5. The van der Waals surface area contributed by atoms with E-state index in [-0.39, 0.29) is 22.3 Å². The van der Waals surface area contributed by atoms with E-state index < -0.39 is 10.8 Å². The molecule has 0 saturated carbocycles. The van der Waals surface area contributed by atoms with Crippen LogP contribution in [0.1, 0.15) is 18.5 Å². The quantitative estimate of drug-likeness (QED) is 0.314. The van der Waals surface area contributed by atoms with Gasteiger partial charge in [-0.05, 0) is 36.8 Å². The van der Waals surface area contributed by atoms with Crippen LogP contribution >= 0.6 is 11.6 Å². The summed E-state index contributed by atoms with van der Waals surface area (Å²) in [5.74, 6) is 0.114. The van der Waals surface area contributed by atoms with E-state index in [0.717, 1.165) is 5.56 Å². The van der Waals surface area contributed by atoms with Gasteiger partial charge in [0.15, 0.2) is 0 Å². The first-order valence-corrected chi connectivity index (χ1v) is 8.49. The average molecular weight is 401 g/mol. The summed E-state index contributed by atoms with van der Waals surface area (Å²) >= 11 is 5.76. The molecule has 2 N–H and O–H groups in total. The molecule has 0 aliphatic heterocycles. The molecule has 0 aliphatic carbocycles. The summed E-state index contributed by atoms with van der Waals surface area (Å²) in [6.07, 6.45) is 1.18. The Morgan fingerprint density at radius 2 is 2.00 bits per heavy atom. The van der Waals surface area contributed by atoms with Gasteiger partial charge in [-0.15, -0.1) is 0 Å². The van der Waals surface area contributed by atoms with Crippen molar-refractivity contribution < 1.29 is 14.5 Å². The van der Waals surface area contributed by atoms with E-state index in [2.05, 4.69) is 10.6 Å². The molecule has 9 heteroatoms. The zero-order valence-corrected chi connectivity index (χ0v) is 15.9. The second-order valence-corrected chi connectivity index (χ2v) is 6.11. The summed E-state index contributed by atoms with van der Waals surface area (Å²) in [5.41, 5.74) is 0.696. The van der Waals surface area contributed by atoms with Crippen molar-refractivity contribution in [2.75, 3.05) is 12.4 Å². The summed E-state index contributed by atoms with van der Waals surface area (Å²) in [4.78, 5) is 22.6. The number of nitrogens with zero attached hydrogens (tertiary/aromatic N) is 2. The zero-order chi connectivity index (χ0) is 20.7. The third-order valence-electron chi connectivity index (χ3n) is 3.85. The number of hydrogen-bond acceptors (Lipinski definition) is 6. The van der Waals surface area contributed by atoms with Gasteiger partial charge in [-0.1, -0.05) is 23.7 Å². The number of ether oxygens (including phenoxy) is 1. The van der Waals surface area contributed by atoms with Crippen molar-refractivity contribution in [3.63, 3.8) is 0 Å². The number of methoxy groups -OCH3 is 1. The van der Waals surface area contributed by atoms with Crippen LogP contribution in [0.2, 0.25) is 5.02 Å². The van der Waals surface area contributed by atoms with Crippen LogP contribution in [0.3, 0.4) is 0 Å². The van der Waals surface area contributed by atoms with Gasteiger partial charge in [0, 0.05) is 18.0 Å². The number of amides is 1. The molecule has 0 fully saturated rings. The van der Waals surface area contributed by atoms with E-state index in [1.807, 2.05) is 12.1 Å². The minimum atomic E-state index is -0.619. The van der Waals surface area contributed by atoms with Crippen LogP contribution in [0.15, 0.2) is 54.2 Å². The fourth-order valence-corrected chi connectivity index (χ4v) is 2.48. The largest absolute Gasteiger partial charge is 0.497 e. The first kappa shape index (κ1) is 20.7. The first-order chi connectivity index (χ1) is 13.3. The topological polar surface area (TPSA) is 117 Å². The molecule has 144 valence electrons. The number of halogens is 1. The normalized spacial score (nSPS) is 11.9. The highest BCUT2D eigenvalue weighted by Crippen LogP contribution is 2.27. The molecular formula is C19H17ClN4O4. The Bertz CT molecular complexity index is 951.